The molecule has 1 aromatic rings. The van der Waals surface area contributed by atoms with Gasteiger partial charge in [0.05, 0.1) is 36.6 Å². The summed E-state index contributed by atoms with van der Waals surface area (Å²) in [5, 5.41) is 9.82. The molecule has 1 N–H and O–H groups in total. The van der Waals surface area contributed by atoms with Gasteiger partial charge in [-0.05, 0) is 18.2 Å². The van der Waals surface area contributed by atoms with Gasteiger partial charge in [-0.25, -0.2) is 0 Å². The van der Waals surface area contributed by atoms with Crippen molar-refractivity contribution in [1.29, 1.82) is 0 Å². The lowest BCUT2D eigenvalue weighted by atomic mass is 10.1. The molecule has 1 unspecified atom stereocenters. The van der Waals surface area contributed by atoms with Crippen molar-refractivity contribution in [2.45, 2.75) is 6.04 Å². The number of anilines is 1. The second-order valence-electron chi connectivity index (χ2n) is 3.93. The number of rotatable bonds is 3. The van der Waals surface area contributed by atoms with Crippen molar-refractivity contribution in [3.8, 4) is 0 Å². The Hall–Kier alpha value is -1.10. The predicted molar refractivity (Wildman–Crippen MR) is 65.9 cm³/mol. The highest BCUT2D eigenvalue weighted by molar-refractivity contribution is 6.33. The Morgan fingerprint density at radius 2 is 2.41 bits per heavy atom. The molecule has 1 aromatic carbocycles. The van der Waals surface area contributed by atoms with E-state index in [4.69, 9.17) is 16.3 Å². The minimum absolute atomic E-state index is 0.0196. The molecule has 0 spiro atoms. The van der Waals surface area contributed by atoms with Crippen LogP contribution in [0.3, 0.4) is 0 Å². The number of carbonyl (C=O) groups excluding carboxylic acids is 1. The summed E-state index contributed by atoms with van der Waals surface area (Å²) in [7, 11) is 0. The number of aldehydes is 1. The van der Waals surface area contributed by atoms with Crippen LogP contribution in [-0.4, -0.2) is 43.8 Å². The van der Waals surface area contributed by atoms with Crippen LogP contribution in [0.2, 0.25) is 5.02 Å². The molecule has 0 saturated carbocycles. The summed E-state index contributed by atoms with van der Waals surface area (Å²) in [5.74, 6) is 0. The number of benzene rings is 1. The molecular weight excluding hydrogens is 242 g/mol. The summed E-state index contributed by atoms with van der Waals surface area (Å²) < 4.78 is 5.31. The van der Waals surface area contributed by atoms with E-state index in [-0.39, 0.29) is 12.6 Å². The van der Waals surface area contributed by atoms with Gasteiger partial charge in [0.25, 0.3) is 0 Å². The van der Waals surface area contributed by atoms with Crippen molar-refractivity contribution < 1.29 is 14.6 Å². The van der Waals surface area contributed by atoms with Crippen molar-refractivity contribution >= 4 is 23.6 Å². The number of halogens is 1. The smallest absolute Gasteiger partial charge is 0.150 e. The number of morpholine rings is 1. The number of hydrogen-bond acceptors (Lipinski definition) is 4. The molecular formula is C12H14ClNO3. The summed E-state index contributed by atoms with van der Waals surface area (Å²) in [6, 6.07) is 5.08. The summed E-state index contributed by atoms with van der Waals surface area (Å²) in [6.45, 7) is 1.81. The van der Waals surface area contributed by atoms with Crippen LogP contribution in [-0.2, 0) is 4.74 Å². The first-order valence-corrected chi connectivity index (χ1v) is 5.84. The number of hydrogen-bond donors (Lipinski definition) is 1. The average molecular weight is 256 g/mol. The standard InChI is InChI=1S/C12H14ClNO3/c13-11-5-9(6-15)1-2-12(11)14-3-4-17-8-10(14)7-16/h1-2,5-6,10,16H,3-4,7-8H2. The molecule has 17 heavy (non-hydrogen) atoms. The maximum absolute atomic E-state index is 10.6. The van der Waals surface area contributed by atoms with E-state index in [0.29, 0.717) is 30.3 Å². The van der Waals surface area contributed by atoms with E-state index in [1.165, 1.54) is 0 Å². The first-order chi connectivity index (χ1) is 8.26. The number of nitrogens with zero attached hydrogens (tertiary/aromatic N) is 1. The van der Waals surface area contributed by atoms with Gasteiger partial charge in [0.1, 0.15) is 6.29 Å². The molecule has 1 atom stereocenters. The van der Waals surface area contributed by atoms with Crippen molar-refractivity contribution in [3.63, 3.8) is 0 Å². The Morgan fingerprint density at radius 1 is 1.59 bits per heavy atom. The minimum Gasteiger partial charge on any atom is -0.394 e. The second-order valence-corrected chi connectivity index (χ2v) is 4.34. The zero-order chi connectivity index (χ0) is 12.3. The van der Waals surface area contributed by atoms with Gasteiger partial charge in [0.2, 0.25) is 0 Å². The maximum Gasteiger partial charge on any atom is 0.150 e. The normalized spacial score (nSPS) is 20.4. The van der Waals surface area contributed by atoms with Crippen molar-refractivity contribution in [1.82, 2.24) is 0 Å². The van der Waals surface area contributed by atoms with Crippen LogP contribution in [0, 0.1) is 0 Å². The SMILES string of the molecule is O=Cc1ccc(N2CCOCC2CO)c(Cl)c1. The fourth-order valence-electron chi connectivity index (χ4n) is 1.95. The fraction of sp³-hybridized carbons (Fsp3) is 0.417. The van der Waals surface area contributed by atoms with E-state index in [1.807, 2.05) is 4.90 Å². The Balaban J connectivity index is 2.28. The summed E-state index contributed by atoms with van der Waals surface area (Å²) in [6.07, 6.45) is 0.762. The second kappa shape index (κ2) is 5.49. The molecule has 1 heterocycles. The summed E-state index contributed by atoms with van der Waals surface area (Å²) in [5.41, 5.74) is 1.38. The Bertz CT molecular complexity index is 411. The van der Waals surface area contributed by atoms with Gasteiger partial charge in [0.15, 0.2) is 0 Å². The Morgan fingerprint density at radius 3 is 3.06 bits per heavy atom. The molecule has 1 aliphatic heterocycles. The lowest BCUT2D eigenvalue weighted by Crippen LogP contribution is -2.47. The summed E-state index contributed by atoms with van der Waals surface area (Å²) in [4.78, 5) is 12.6. The van der Waals surface area contributed by atoms with Gasteiger partial charge in [-0.1, -0.05) is 11.6 Å². The third kappa shape index (κ3) is 2.60. The molecule has 1 saturated heterocycles. The Kier molecular flexibility index (Phi) is 3.99. The van der Waals surface area contributed by atoms with Gasteiger partial charge >= 0.3 is 0 Å². The predicted octanol–water partition coefficient (Wildman–Crippen LogP) is 1.35. The molecule has 0 amide bonds. The molecule has 0 aliphatic carbocycles. The van der Waals surface area contributed by atoms with Crippen molar-refractivity contribution in [2.75, 3.05) is 31.3 Å². The van der Waals surface area contributed by atoms with Crippen LogP contribution in [0.1, 0.15) is 10.4 Å². The zero-order valence-corrected chi connectivity index (χ0v) is 10.1. The third-order valence-corrected chi connectivity index (χ3v) is 3.16. The van der Waals surface area contributed by atoms with Crippen molar-refractivity contribution in [3.05, 3.63) is 28.8 Å². The van der Waals surface area contributed by atoms with Gasteiger partial charge in [0, 0.05) is 12.1 Å². The minimum atomic E-state index is -0.0802. The van der Waals surface area contributed by atoms with E-state index in [1.54, 1.807) is 18.2 Å². The lowest BCUT2D eigenvalue weighted by molar-refractivity contribution is 0.0727. The van der Waals surface area contributed by atoms with Crippen LogP contribution in [0.25, 0.3) is 0 Å². The number of aliphatic hydroxyl groups is 1. The van der Waals surface area contributed by atoms with E-state index in [2.05, 4.69) is 0 Å². The zero-order valence-electron chi connectivity index (χ0n) is 9.30. The number of aliphatic hydroxyl groups excluding tert-OH is 1. The summed E-state index contributed by atoms with van der Waals surface area (Å²) >= 11 is 6.14. The average Bonchev–Trinajstić information content (AvgIpc) is 2.38. The number of ether oxygens (including phenoxy) is 1. The van der Waals surface area contributed by atoms with E-state index >= 15 is 0 Å². The van der Waals surface area contributed by atoms with Crippen LogP contribution in [0.4, 0.5) is 5.69 Å². The monoisotopic (exact) mass is 255 g/mol. The Labute approximate surface area is 105 Å². The van der Waals surface area contributed by atoms with E-state index in [9.17, 15) is 9.90 Å². The van der Waals surface area contributed by atoms with Gasteiger partial charge in [-0.3, -0.25) is 4.79 Å². The number of carbonyl (C=O) groups is 1. The molecule has 92 valence electrons. The van der Waals surface area contributed by atoms with E-state index < -0.39 is 0 Å². The van der Waals surface area contributed by atoms with Crippen LogP contribution < -0.4 is 4.90 Å². The van der Waals surface area contributed by atoms with Crippen LogP contribution >= 0.6 is 11.6 Å². The molecule has 0 radical (unpaired) electrons. The highest BCUT2D eigenvalue weighted by Crippen LogP contribution is 2.29. The van der Waals surface area contributed by atoms with Crippen LogP contribution in [0.5, 0.6) is 0 Å². The molecule has 1 aliphatic rings. The maximum atomic E-state index is 10.6. The molecule has 0 aromatic heterocycles. The largest absolute Gasteiger partial charge is 0.394 e. The molecule has 4 nitrogen and oxygen atoms in total. The topological polar surface area (TPSA) is 49.8 Å². The first-order valence-electron chi connectivity index (χ1n) is 5.46. The molecule has 2 rings (SSSR count). The molecule has 5 heteroatoms. The van der Waals surface area contributed by atoms with E-state index in [0.717, 1.165) is 12.0 Å². The van der Waals surface area contributed by atoms with Gasteiger partial charge in [-0.2, -0.15) is 0 Å². The fourth-order valence-corrected chi connectivity index (χ4v) is 2.25. The van der Waals surface area contributed by atoms with Gasteiger partial charge in [-0.15, -0.1) is 0 Å². The molecule has 0 bridgehead atoms. The highest BCUT2D eigenvalue weighted by atomic mass is 35.5. The third-order valence-electron chi connectivity index (χ3n) is 2.86. The van der Waals surface area contributed by atoms with Crippen LogP contribution in [0.15, 0.2) is 18.2 Å². The highest BCUT2D eigenvalue weighted by Gasteiger charge is 2.24. The quantitative estimate of drug-likeness (QED) is 0.829. The molecule has 1 fully saturated rings. The first kappa shape index (κ1) is 12.4. The lowest BCUT2D eigenvalue weighted by Gasteiger charge is -2.36. The van der Waals surface area contributed by atoms with Crippen molar-refractivity contribution in [2.24, 2.45) is 0 Å². The van der Waals surface area contributed by atoms with Gasteiger partial charge < -0.3 is 14.7 Å².